The number of hydrogen-bond acceptors (Lipinski definition) is 3. The first-order valence-electron chi connectivity index (χ1n) is 4.64. The maximum Gasteiger partial charge on any atom is 0.336 e. The first-order chi connectivity index (χ1) is 7.24. The lowest BCUT2D eigenvalue weighted by atomic mass is 10.1. The van der Waals surface area contributed by atoms with Gasteiger partial charge in [-0.25, -0.2) is 4.79 Å². The van der Waals surface area contributed by atoms with E-state index in [1.165, 1.54) is 11.5 Å². The van der Waals surface area contributed by atoms with Gasteiger partial charge in [-0.2, -0.15) is 11.3 Å². The highest BCUT2D eigenvalue weighted by atomic mass is 32.1. The van der Waals surface area contributed by atoms with Crippen LogP contribution >= 0.6 is 11.3 Å². The van der Waals surface area contributed by atoms with Crippen LogP contribution in [0.1, 0.15) is 5.56 Å². The van der Waals surface area contributed by atoms with Gasteiger partial charge in [-0.3, -0.25) is 0 Å². The van der Waals surface area contributed by atoms with Gasteiger partial charge in [0.2, 0.25) is 0 Å². The maximum absolute atomic E-state index is 11.2. The summed E-state index contributed by atoms with van der Waals surface area (Å²) in [6.07, 6.45) is 0. The molecule has 74 valence electrons. The van der Waals surface area contributed by atoms with Crippen molar-refractivity contribution in [1.82, 2.24) is 0 Å². The van der Waals surface area contributed by atoms with E-state index in [9.17, 15) is 4.79 Å². The summed E-state index contributed by atoms with van der Waals surface area (Å²) in [5.74, 6) is 0. The van der Waals surface area contributed by atoms with Crippen molar-refractivity contribution >= 4 is 33.1 Å². The third-order valence-corrected chi connectivity index (χ3v) is 3.33. The van der Waals surface area contributed by atoms with Crippen LogP contribution in [-0.4, -0.2) is 0 Å². The first kappa shape index (κ1) is 8.68. The molecule has 2 aromatic heterocycles. The average Bonchev–Trinajstić information content (AvgIpc) is 2.61. The van der Waals surface area contributed by atoms with Crippen molar-refractivity contribution in [3.63, 3.8) is 0 Å². The number of fused-ring (bicyclic) bond motifs is 2. The highest BCUT2D eigenvalue weighted by molar-refractivity contribution is 7.09. The molecule has 0 aliphatic carbocycles. The minimum absolute atomic E-state index is 0.283. The van der Waals surface area contributed by atoms with E-state index in [-0.39, 0.29) is 5.63 Å². The molecule has 0 atom stereocenters. The molecule has 0 aliphatic heterocycles. The fourth-order valence-corrected chi connectivity index (χ4v) is 2.55. The maximum atomic E-state index is 11.2. The SMILES string of the molecule is Cc1cc(=O)oc2cc3cscc3cc12. The summed E-state index contributed by atoms with van der Waals surface area (Å²) >= 11 is 1.65. The Labute approximate surface area is 89.8 Å². The predicted molar refractivity (Wildman–Crippen MR) is 62.6 cm³/mol. The molecule has 0 aliphatic rings. The molecule has 15 heavy (non-hydrogen) atoms. The Kier molecular flexibility index (Phi) is 1.70. The largest absolute Gasteiger partial charge is 0.423 e. The van der Waals surface area contributed by atoms with Crippen LogP contribution in [0.4, 0.5) is 0 Å². The second-order valence-electron chi connectivity index (χ2n) is 3.60. The quantitative estimate of drug-likeness (QED) is 0.539. The van der Waals surface area contributed by atoms with E-state index >= 15 is 0 Å². The topological polar surface area (TPSA) is 30.2 Å². The third kappa shape index (κ3) is 1.27. The van der Waals surface area contributed by atoms with Crippen molar-refractivity contribution in [3.8, 4) is 0 Å². The van der Waals surface area contributed by atoms with E-state index in [1.54, 1.807) is 11.3 Å². The molecular weight excluding hydrogens is 208 g/mol. The van der Waals surface area contributed by atoms with Crippen LogP contribution in [0.25, 0.3) is 21.7 Å². The van der Waals surface area contributed by atoms with Crippen molar-refractivity contribution in [2.45, 2.75) is 6.92 Å². The van der Waals surface area contributed by atoms with Crippen LogP contribution in [0.3, 0.4) is 0 Å². The Morgan fingerprint density at radius 2 is 1.87 bits per heavy atom. The van der Waals surface area contributed by atoms with Crippen molar-refractivity contribution in [3.05, 3.63) is 44.9 Å². The number of benzene rings is 1. The molecule has 3 aromatic rings. The summed E-state index contributed by atoms with van der Waals surface area (Å²) < 4.78 is 5.17. The summed E-state index contributed by atoms with van der Waals surface area (Å²) in [4.78, 5) is 11.2. The van der Waals surface area contributed by atoms with Gasteiger partial charge in [0, 0.05) is 11.5 Å². The van der Waals surface area contributed by atoms with E-state index in [2.05, 4.69) is 16.8 Å². The third-order valence-electron chi connectivity index (χ3n) is 2.54. The molecule has 0 bridgehead atoms. The minimum Gasteiger partial charge on any atom is -0.423 e. The Hall–Kier alpha value is -1.61. The lowest BCUT2D eigenvalue weighted by Gasteiger charge is -2.00. The zero-order valence-electron chi connectivity index (χ0n) is 8.11. The standard InChI is InChI=1S/C12H8O2S/c1-7-2-12(13)14-11-4-9-6-15-5-8(9)3-10(7)11/h2-6H,1H3. The summed E-state index contributed by atoms with van der Waals surface area (Å²) in [7, 11) is 0. The molecule has 2 heterocycles. The fourth-order valence-electron chi connectivity index (χ4n) is 1.78. The molecule has 0 saturated heterocycles. The Bertz CT molecular complexity index is 706. The van der Waals surface area contributed by atoms with Crippen molar-refractivity contribution in [2.75, 3.05) is 0 Å². The van der Waals surface area contributed by atoms with Gasteiger partial charge in [0.05, 0.1) is 0 Å². The molecule has 0 amide bonds. The van der Waals surface area contributed by atoms with E-state index in [0.717, 1.165) is 16.3 Å². The minimum atomic E-state index is -0.283. The van der Waals surface area contributed by atoms with Gasteiger partial charge in [0.1, 0.15) is 5.58 Å². The molecule has 3 heteroatoms. The monoisotopic (exact) mass is 216 g/mol. The summed E-state index contributed by atoms with van der Waals surface area (Å²) in [5.41, 5.74) is 1.36. The van der Waals surface area contributed by atoms with E-state index in [4.69, 9.17) is 4.42 Å². The molecule has 0 radical (unpaired) electrons. The van der Waals surface area contributed by atoms with Gasteiger partial charge in [-0.15, -0.1) is 0 Å². The van der Waals surface area contributed by atoms with E-state index < -0.39 is 0 Å². The van der Waals surface area contributed by atoms with Crippen LogP contribution in [0, 0.1) is 6.92 Å². The van der Waals surface area contributed by atoms with Gasteiger partial charge in [0.25, 0.3) is 0 Å². The predicted octanol–water partition coefficient (Wildman–Crippen LogP) is 3.32. The molecule has 1 aromatic carbocycles. The zero-order chi connectivity index (χ0) is 10.4. The molecule has 0 spiro atoms. The fraction of sp³-hybridized carbons (Fsp3) is 0.0833. The second kappa shape index (κ2) is 2.94. The van der Waals surface area contributed by atoms with Gasteiger partial charge in [-0.05, 0) is 46.2 Å². The lowest BCUT2D eigenvalue weighted by molar-refractivity contribution is 0.560. The number of hydrogen-bond donors (Lipinski definition) is 0. The molecule has 0 fully saturated rings. The average molecular weight is 216 g/mol. The second-order valence-corrected chi connectivity index (χ2v) is 4.34. The van der Waals surface area contributed by atoms with E-state index in [1.807, 2.05) is 13.0 Å². The van der Waals surface area contributed by atoms with Crippen LogP contribution in [-0.2, 0) is 0 Å². The number of thiophene rings is 1. The molecule has 3 rings (SSSR count). The van der Waals surface area contributed by atoms with Gasteiger partial charge in [0.15, 0.2) is 0 Å². The summed E-state index contributed by atoms with van der Waals surface area (Å²) in [6, 6.07) is 5.52. The lowest BCUT2D eigenvalue weighted by Crippen LogP contribution is -1.97. The Morgan fingerprint density at radius 3 is 2.67 bits per heavy atom. The van der Waals surface area contributed by atoms with Gasteiger partial charge in [-0.1, -0.05) is 0 Å². The molecule has 0 unspecified atom stereocenters. The Morgan fingerprint density at radius 1 is 1.13 bits per heavy atom. The van der Waals surface area contributed by atoms with Gasteiger partial charge < -0.3 is 4.42 Å². The van der Waals surface area contributed by atoms with Crippen LogP contribution in [0.5, 0.6) is 0 Å². The first-order valence-corrected chi connectivity index (χ1v) is 5.59. The normalized spacial score (nSPS) is 11.3. The van der Waals surface area contributed by atoms with Crippen molar-refractivity contribution in [2.24, 2.45) is 0 Å². The van der Waals surface area contributed by atoms with E-state index in [0.29, 0.717) is 5.58 Å². The highest BCUT2D eigenvalue weighted by Gasteiger charge is 2.04. The van der Waals surface area contributed by atoms with Crippen molar-refractivity contribution < 1.29 is 4.42 Å². The van der Waals surface area contributed by atoms with Gasteiger partial charge >= 0.3 is 5.63 Å². The smallest absolute Gasteiger partial charge is 0.336 e. The Balaban J connectivity index is 2.59. The summed E-state index contributed by atoms with van der Waals surface area (Å²) in [6.45, 7) is 1.93. The zero-order valence-corrected chi connectivity index (χ0v) is 8.93. The van der Waals surface area contributed by atoms with Crippen LogP contribution in [0.2, 0.25) is 0 Å². The van der Waals surface area contributed by atoms with Crippen molar-refractivity contribution in [1.29, 1.82) is 0 Å². The summed E-state index contributed by atoms with van der Waals surface area (Å²) in [5, 5.41) is 7.49. The molecular formula is C12H8O2S. The van der Waals surface area contributed by atoms with Crippen LogP contribution < -0.4 is 5.63 Å². The molecule has 2 nitrogen and oxygen atoms in total. The van der Waals surface area contributed by atoms with Crippen LogP contribution in [0.15, 0.2) is 38.2 Å². The highest BCUT2D eigenvalue weighted by Crippen LogP contribution is 2.26. The number of aryl methyl sites for hydroxylation is 1. The molecule has 0 saturated carbocycles. The molecule has 0 N–H and O–H groups in total. The number of rotatable bonds is 0.